The highest BCUT2D eigenvalue weighted by atomic mass is 19.1. The van der Waals surface area contributed by atoms with E-state index in [1.54, 1.807) is 19.1 Å². The second-order valence-corrected chi connectivity index (χ2v) is 7.81. The van der Waals surface area contributed by atoms with Crippen LogP contribution in [-0.4, -0.2) is 25.6 Å². The number of ether oxygens (including phenoxy) is 1. The van der Waals surface area contributed by atoms with Gasteiger partial charge in [-0.1, -0.05) is 25.1 Å². The first-order valence-electron chi connectivity index (χ1n) is 10.5. The summed E-state index contributed by atoms with van der Waals surface area (Å²) in [5.74, 6) is 1.02. The van der Waals surface area contributed by atoms with Gasteiger partial charge in [0.1, 0.15) is 11.6 Å². The van der Waals surface area contributed by atoms with E-state index < -0.39 is 0 Å². The van der Waals surface area contributed by atoms with Crippen LogP contribution < -0.4 is 15.0 Å². The van der Waals surface area contributed by atoms with Gasteiger partial charge in [0.05, 0.1) is 12.6 Å². The van der Waals surface area contributed by atoms with Crippen LogP contribution >= 0.6 is 0 Å². The molecule has 0 bridgehead atoms. The molecule has 2 aromatic rings. The molecule has 1 unspecified atom stereocenters. The summed E-state index contributed by atoms with van der Waals surface area (Å²) in [6, 6.07) is 13.4. The molecule has 1 N–H and O–H groups in total. The van der Waals surface area contributed by atoms with Crippen molar-refractivity contribution in [1.82, 2.24) is 5.32 Å². The van der Waals surface area contributed by atoms with E-state index >= 15 is 0 Å². The minimum atomic E-state index is -0.337. The van der Waals surface area contributed by atoms with Crippen molar-refractivity contribution in [3.63, 3.8) is 0 Å². The predicted octanol–water partition coefficient (Wildman–Crippen LogP) is 5.20. The van der Waals surface area contributed by atoms with Gasteiger partial charge in [0.25, 0.3) is 0 Å². The third kappa shape index (κ3) is 5.49. The summed E-state index contributed by atoms with van der Waals surface area (Å²) in [7, 11) is 0. The molecule has 0 saturated carbocycles. The average Bonchev–Trinajstić information content (AvgIpc) is 2.72. The largest absolute Gasteiger partial charge is 0.494 e. The summed E-state index contributed by atoms with van der Waals surface area (Å²) >= 11 is 0. The van der Waals surface area contributed by atoms with Crippen molar-refractivity contribution in [2.75, 3.05) is 24.6 Å². The molecule has 3 rings (SSSR count). The highest BCUT2D eigenvalue weighted by Gasteiger charge is 2.22. The van der Waals surface area contributed by atoms with E-state index in [4.69, 9.17) is 4.74 Å². The van der Waals surface area contributed by atoms with Crippen molar-refractivity contribution in [1.29, 1.82) is 0 Å². The maximum atomic E-state index is 14.6. The van der Waals surface area contributed by atoms with Crippen LogP contribution in [0.2, 0.25) is 0 Å². The average molecular weight is 399 g/mol. The summed E-state index contributed by atoms with van der Waals surface area (Å²) in [5.41, 5.74) is 2.77. The molecule has 0 radical (unpaired) electrons. The standard InChI is InChI=1S/C24H31FN2O2/c1-4-15-29-22-8-5-19(6-9-22)20-11-13-27(14-12-20)21-7-10-23(24(25)16-21)17(2)26-18(3)28/h5-10,16-17,20H,4,11-15H2,1-3H3,(H,26,28). The lowest BCUT2D eigenvalue weighted by atomic mass is 9.89. The minimum Gasteiger partial charge on any atom is -0.494 e. The van der Waals surface area contributed by atoms with E-state index in [1.165, 1.54) is 12.5 Å². The predicted molar refractivity (Wildman–Crippen MR) is 115 cm³/mol. The van der Waals surface area contributed by atoms with Crippen LogP contribution in [0.1, 0.15) is 63.1 Å². The van der Waals surface area contributed by atoms with Crippen molar-refractivity contribution in [2.45, 2.75) is 52.0 Å². The van der Waals surface area contributed by atoms with Crippen LogP contribution in [0.25, 0.3) is 0 Å². The van der Waals surface area contributed by atoms with E-state index in [2.05, 4.69) is 41.4 Å². The topological polar surface area (TPSA) is 41.6 Å². The van der Waals surface area contributed by atoms with Crippen molar-refractivity contribution in [3.05, 3.63) is 59.4 Å². The number of carbonyl (C=O) groups is 1. The molecule has 4 nitrogen and oxygen atoms in total. The van der Waals surface area contributed by atoms with Gasteiger partial charge in [-0.15, -0.1) is 0 Å². The fourth-order valence-corrected chi connectivity index (χ4v) is 3.97. The Balaban J connectivity index is 1.59. The van der Waals surface area contributed by atoms with Crippen molar-refractivity contribution in [2.24, 2.45) is 0 Å². The first kappa shape index (κ1) is 21.2. The SMILES string of the molecule is CCCOc1ccc(C2CCN(c3ccc(C(C)NC(C)=O)c(F)c3)CC2)cc1. The van der Waals surface area contributed by atoms with Crippen molar-refractivity contribution >= 4 is 11.6 Å². The van der Waals surface area contributed by atoms with Crippen LogP contribution in [0.4, 0.5) is 10.1 Å². The van der Waals surface area contributed by atoms with E-state index in [0.717, 1.165) is 50.4 Å². The molecule has 1 heterocycles. The Labute approximate surface area is 173 Å². The second-order valence-electron chi connectivity index (χ2n) is 7.81. The van der Waals surface area contributed by atoms with Gasteiger partial charge in [-0.05, 0) is 61.9 Å². The fourth-order valence-electron chi connectivity index (χ4n) is 3.97. The Bertz CT molecular complexity index is 814. The quantitative estimate of drug-likeness (QED) is 0.697. The highest BCUT2D eigenvalue weighted by molar-refractivity contribution is 5.73. The van der Waals surface area contributed by atoms with Gasteiger partial charge >= 0.3 is 0 Å². The molecule has 0 aromatic heterocycles. The van der Waals surface area contributed by atoms with E-state index in [0.29, 0.717) is 11.5 Å². The first-order chi connectivity index (χ1) is 14.0. The molecule has 1 amide bonds. The Morgan fingerprint density at radius 3 is 2.48 bits per heavy atom. The molecule has 29 heavy (non-hydrogen) atoms. The van der Waals surface area contributed by atoms with Gasteiger partial charge in [0.15, 0.2) is 0 Å². The number of carbonyl (C=O) groups excluding carboxylic acids is 1. The molecule has 1 atom stereocenters. The summed E-state index contributed by atoms with van der Waals surface area (Å²) in [5, 5.41) is 2.74. The van der Waals surface area contributed by atoms with E-state index in [1.807, 2.05) is 6.07 Å². The maximum absolute atomic E-state index is 14.6. The number of rotatable bonds is 7. The molecule has 1 fully saturated rings. The number of halogens is 1. The van der Waals surface area contributed by atoms with Gasteiger partial charge in [-0.25, -0.2) is 4.39 Å². The van der Waals surface area contributed by atoms with Gasteiger partial charge in [-0.2, -0.15) is 0 Å². The molecule has 2 aromatic carbocycles. The summed E-state index contributed by atoms with van der Waals surface area (Å²) < 4.78 is 20.2. The minimum absolute atomic E-state index is 0.159. The number of amides is 1. The number of anilines is 1. The lowest BCUT2D eigenvalue weighted by molar-refractivity contribution is -0.119. The van der Waals surface area contributed by atoms with Crippen LogP contribution in [-0.2, 0) is 4.79 Å². The number of piperidine rings is 1. The second kappa shape index (κ2) is 9.77. The Kier molecular flexibility index (Phi) is 7.13. The van der Waals surface area contributed by atoms with Gasteiger partial charge in [0, 0.05) is 31.3 Å². The van der Waals surface area contributed by atoms with Crippen molar-refractivity contribution in [3.8, 4) is 5.75 Å². The zero-order valence-electron chi connectivity index (χ0n) is 17.6. The Morgan fingerprint density at radius 2 is 1.90 bits per heavy atom. The maximum Gasteiger partial charge on any atom is 0.217 e. The number of hydrogen-bond donors (Lipinski definition) is 1. The fraction of sp³-hybridized carbons (Fsp3) is 0.458. The van der Waals surface area contributed by atoms with E-state index in [-0.39, 0.29) is 17.8 Å². The molecular weight excluding hydrogens is 367 g/mol. The van der Waals surface area contributed by atoms with Crippen molar-refractivity contribution < 1.29 is 13.9 Å². The van der Waals surface area contributed by atoms with Gasteiger partial charge in [0.2, 0.25) is 5.91 Å². The van der Waals surface area contributed by atoms with Gasteiger partial charge in [-0.3, -0.25) is 4.79 Å². The lowest BCUT2D eigenvalue weighted by Gasteiger charge is -2.34. The molecule has 156 valence electrons. The van der Waals surface area contributed by atoms with Crippen LogP contribution in [0.5, 0.6) is 5.75 Å². The highest BCUT2D eigenvalue weighted by Crippen LogP contribution is 2.32. The van der Waals surface area contributed by atoms with Crippen LogP contribution in [0, 0.1) is 5.82 Å². The normalized spacial score (nSPS) is 15.8. The number of hydrogen-bond acceptors (Lipinski definition) is 3. The molecule has 1 saturated heterocycles. The molecule has 1 aliphatic heterocycles. The number of benzene rings is 2. The zero-order valence-corrected chi connectivity index (χ0v) is 17.6. The van der Waals surface area contributed by atoms with Crippen LogP contribution in [0.15, 0.2) is 42.5 Å². The molecule has 0 aliphatic carbocycles. The monoisotopic (exact) mass is 398 g/mol. The van der Waals surface area contributed by atoms with Gasteiger partial charge < -0.3 is 15.0 Å². The summed E-state index contributed by atoms with van der Waals surface area (Å²) in [4.78, 5) is 13.5. The Hall–Kier alpha value is -2.56. The molecule has 1 aliphatic rings. The lowest BCUT2D eigenvalue weighted by Crippen LogP contribution is -2.33. The molecule has 0 spiro atoms. The molecule has 5 heteroatoms. The third-order valence-corrected chi connectivity index (χ3v) is 5.55. The number of nitrogens with one attached hydrogen (secondary N) is 1. The number of nitrogens with zero attached hydrogens (tertiary/aromatic N) is 1. The molecular formula is C24H31FN2O2. The smallest absolute Gasteiger partial charge is 0.217 e. The Morgan fingerprint density at radius 1 is 1.21 bits per heavy atom. The summed E-state index contributed by atoms with van der Waals surface area (Å²) in [6.45, 7) is 7.89. The summed E-state index contributed by atoms with van der Waals surface area (Å²) in [6.07, 6.45) is 3.09. The first-order valence-corrected chi connectivity index (χ1v) is 10.5. The van der Waals surface area contributed by atoms with Crippen LogP contribution in [0.3, 0.4) is 0 Å². The zero-order chi connectivity index (χ0) is 20.8. The third-order valence-electron chi connectivity index (χ3n) is 5.55. The van der Waals surface area contributed by atoms with E-state index in [9.17, 15) is 9.18 Å².